The van der Waals surface area contributed by atoms with Gasteiger partial charge in [0.25, 0.3) is 5.91 Å². The average molecular weight is 392 g/mol. The van der Waals surface area contributed by atoms with E-state index < -0.39 is 53.6 Å². The van der Waals surface area contributed by atoms with Crippen LogP contribution in [0.2, 0.25) is 0 Å². The second-order valence-corrected chi connectivity index (χ2v) is 5.03. The normalized spacial score (nSPS) is 11.0. The minimum Gasteiger partial charge on any atom is -0.406 e. The quantitative estimate of drug-likeness (QED) is 0.606. The number of halogens is 6. The first-order chi connectivity index (χ1) is 12.6. The SMILES string of the molecule is O=C(CNC(=O)c1ccc(OC(F)(F)F)cc1)Nc1ccc(F)c(F)c1F. The highest BCUT2D eigenvalue weighted by atomic mass is 19.4. The first-order valence-electron chi connectivity index (χ1n) is 7.14. The van der Waals surface area contributed by atoms with Gasteiger partial charge in [-0.15, -0.1) is 13.2 Å². The zero-order valence-corrected chi connectivity index (χ0v) is 13.2. The number of benzene rings is 2. The van der Waals surface area contributed by atoms with Crippen molar-refractivity contribution in [2.24, 2.45) is 0 Å². The van der Waals surface area contributed by atoms with E-state index in [0.717, 1.165) is 30.3 Å². The number of anilines is 1. The van der Waals surface area contributed by atoms with Crippen LogP contribution in [-0.4, -0.2) is 24.7 Å². The Kier molecular flexibility index (Phi) is 5.93. The molecule has 2 aromatic rings. The van der Waals surface area contributed by atoms with Crippen molar-refractivity contribution in [2.45, 2.75) is 6.36 Å². The van der Waals surface area contributed by atoms with Gasteiger partial charge in [-0.05, 0) is 36.4 Å². The highest BCUT2D eigenvalue weighted by Gasteiger charge is 2.31. The van der Waals surface area contributed by atoms with Gasteiger partial charge in [0.15, 0.2) is 17.5 Å². The second-order valence-electron chi connectivity index (χ2n) is 5.03. The summed E-state index contributed by atoms with van der Waals surface area (Å²) in [6, 6.07) is 5.27. The molecule has 0 atom stereocenters. The summed E-state index contributed by atoms with van der Waals surface area (Å²) in [4.78, 5) is 23.5. The molecule has 2 rings (SSSR count). The maximum Gasteiger partial charge on any atom is 0.573 e. The third-order valence-electron chi connectivity index (χ3n) is 3.07. The van der Waals surface area contributed by atoms with Gasteiger partial charge < -0.3 is 15.4 Å². The maximum absolute atomic E-state index is 13.4. The molecule has 0 aliphatic rings. The van der Waals surface area contributed by atoms with E-state index in [1.807, 2.05) is 5.32 Å². The van der Waals surface area contributed by atoms with Crippen LogP contribution in [0.3, 0.4) is 0 Å². The molecule has 0 unspecified atom stereocenters. The molecule has 144 valence electrons. The summed E-state index contributed by atoms with van der Waals surface area (Å²) in [5, 5.41) is 4.07. The van der Waals surface area contributed by atoms with Crippen LogP contribution in [0.25, 0.3) is 0 Å². The highest BCUT2D eigenvalue weighted by Crippen LogP contribution is 2.23. The molecule has 11 heteroatoms. The number of ether oxygens (including phenoxy) is 1. The fourth-order valence-electron chi connectivity index (χ4n) is 1.89. The van der Waals surface area contributed by atoms with Gasteiger partial charge in [0.05, 0.1) is 12.2 Å². The van der Waals surface area contributed by atoms with Crippen LogP contribution in [0, 0.1) is 17.5 Å². The van der Waals surface area contributed by atoms with E-state index in [4.69, 9.17) is 0 Å². The predicted molar refractivity (Wildman–Crippen MR) is 80.4 cm³/mol. The fourth-order valence-corrected chi connectivity index (χ4v) is 1.89. The molecule has 0 saturated heterocycles. The van der Waals surface area contributed by atoms with Crippen molar-refractivity contribution >= 4 is 17.5 Å². The Morgan fingerprint density at radius 2 is 1.56 bits per heavy atom. The van der Waals surface area contributed by atoms with Gasteiger partial charge in [-0.2, -0.15) is 0 Å². The van der Waals surface area contributed by atoms with E-state index in [1.165, 1.54) is 0 Å². The lowest BCUT2D eigenvalue weighted by Gasteiger charge is -2.10. The zero-order chi connectivity index (χ0) is 20.2. The summed E-state index contributed by atoms with van der Waals surface area (Å²) in [5.74, 6) is -7.09. The number of carbonyl (C=O) groups is 2. The summed E-state index contributed by atoms with van der Waals surface area (Å²) in [7, 11) is 0. The molecule has 0 radical (unpaired) electrons. The number of amides is 2. The van der Waals surface area contributed by atoms with Crippen molar-refractivity contribution in [3.63, 3.8) is 0 Å². The van der Waals surface area contributed by atoms with Gasteiger partial charge in [0, 0.05) is 5.56 Å². The van der Waals surface area contributed by atoms with Crippen LogP contribution in [0.15, 0.2) is 36.4 Å². The van der Waals surface area contributed by atoms with Gasteiger partial charge in [-0.3, -0.25) is 9.59 Å². The van der Waals surface area contributed by atoms with E-state index in [9.17, 15) is 35.9 Å². The van der Waals surface area contributed by atoms with Crippen molar-refractivity contribution in [3.8, 4) is 5.75 Å². The monoisotopic (exact) mass is 392 g/mol. The Hall–Kier alpha value is -3.24. The molecule has 2 amide bonds. The van der Waals surface area contributed by atoms with Crippen molar-refractivity contribution in [3.05, 3.63) is 59.4 Å². The average Bonchev–Trinajstić information content (AvgIpc) is 2.59. The van der Waals surface area contributed by atoms with E-state index in [0.29, 0.717) is 6.07 Å². The van der Waals surface area contributed by atoms with Crippen molar-refractivity contribution in [1.29, 1.82) is 0 Å². The van der Waals surface area contributed by atoms with E-state index >= 15 is 0 Å². The van der Waals surface area contributed by atoms with Gasteiger partial charge in [0.2, 0.25) is 5.91 Å². The van der Waals surface area contributed by atoms with Crippen molar-refractivity contribution < 1.29 is 40.7 Å². The minimum absolute atomic E-state index is 0.0728. The number of rotatable bonds is 5. The molecule has 0 spiro atoms. The number of nitrogens with one attached hydrogen (secondary N) is 2. The first kappa shape index (κ1) is 20.1. The van der Waals surface area contributed by atoms with Gasteiger partial charge >= 0.3 is 6.36 Å². The van der Waals surface area contributed by atoms with Gasteiger partial charge in [0.1, 0.15) is 5.75 Å². The van der Waals surface area contributed by atoms with Crippen LogP contribution in [-0.2, 0) is 4.79 Å². The summed E-state index contributed by atoms with van der Waals surface area (Å²) in [6.45, 7) is -0.655. The van der Waals surface area contributed by atoms with E-state index in [2.05, 4.69) is 10.1 Å². The zero-order valence-electron chi connectivity index (χ0n) is 13.2. The molecule has 2 aromatic carbocycles. The Labute approximate surface area is 147 Å². The third-order valence-corrected chi connectivity index (χ3v) is 3.07. The second kappa shape index (κ2) is 7.98. The molecule has 0 bridgehead atoms. The Morgan fingerprint density at radius 3 is 2.15 bits per heavy atom. The predicted octanol–water partition coefficient (Wildman–Crippen LogP) is 3.37. The topological polar surface area (TPSA) is 67.4 Å². The molecular weight excluding hydrogens is 382 g/mol. The lowest BCUT2D eigenvalue weighted by molar-refractivity contribution is -0.274. The smallest absolute Gasteiger partial charge is 0.406 e. The summed E-state index contributed by atoms with van der Waals surface area (Å²) in [6.07, 6.45) is -4.88. The molecular formula is C16H10F6N2O3. The first-order valence-corrected chi connectivity index (χ1v) is 7.14. The summed E-state index contributed by atoms with van der Waals surface area (Å²) >= 11 is 0. The summed E-state index contributed by atoms with van der Waals surface area (Å²) in [5.41, 5.74) is -0.696. The molecule has 0 aromatic heterocycles. The number of alkyl halides is 3. The van der Waals surface area contributed by atoms with Crippen molar-refractivity contribution in [1.82, 2.24) is 5.32 Å². The van der Waals surface area contributed by atoms with Crippen molar-refractivity contribution in [2.75, 3.05) is 11.9 Å². The fraction of sp³-hybridized carbons (Fsp3) is 0.125. The Bertz CT molecular complexity index is 852. The minimum atomic E-state index is -4.88. The molecule has 27 heavy (non-hydrogen) atoms. The summed E-state index contributed by atoms with van der Waals surface area (Å²) < 4.78 is 79.1. The number of carbonyl (C=O) groups excluding carboxylic acids is 2. The Balaban J connectivity index is 1.91. The van der Waals surface area contributed by atoms with Crippen LogP contribution < -0.4 is 15.4 Å². The molecule has 0 saturated carbocycles. The van der Waals surface area contributed by atoms with Gasteiger partial charge in [-0.1, -0.05) is 0 Å². The molecule has 5 nitrogen and oxygen atoms in total. The molecule has 0 aliphatic carbocycles. The molecule has 0 aliphatic heterocycles. The van der Waals surface area contributed by atoms with Gasteiger partial charge in [-0.25, -0.2) is 13.2 Å². The van der Waals surface area contributed by atoms with Crippen LogP contribution in [0.1, 0.15) is 10.4 Å². The third kappa shape index (κ3) is 5.62. The van der Waals surface area contributed by atoms with E-state index in [-0.39, 0.29) is 5.56 Å². The van der Waals surface area contributed by atoms with E-state index in [1.54, 1.807) is 0 Å². The standard InChI is InChI=1S/C16H10F6N2O3/c17-10-5-6-11(14(19)13(10)18)24-12(25)7-23-15(26)8-1-3-9(4-2-8)27-16(20,21)22/h1-6H,7H2,(H,23,26)(H,24,25). The van der Waals surface area contributed by atoms with Crippen LogP contribution in [0.5, 0.6) is 5.75 Å². The molecule has 0 fully saturated rings. The Morgan fingerprint density at radius 1 is 0.926 bits per heavy atom. The van der Waals surface area contributed by atoms with Crippen LogP contribution in [0.4, 0.5) is 32.0 Å². The number of hydrogen-bond donors (Lipinski definition) is 2. The molecule has 0 heterocycles. The van der Waals surface area contributed by atoms with Crippen LogP contribution >= 0.6 is 0 Å². The molecule has 2 N–H and O–H groups in total. The lowest BCUT2D eigenvalue weighted by Crippen LogP contribution is -2.33. The number of hydrogen-bond acceptors (Lipinski definition) is 3. The highest BCUT2D eigenvalue weighted by molar-refractivity contribution is 5.99. The lowest BCUT2D eigenvalue weighted by atomic mass is 10.2. The maximum atomic E-state index is 13.4. The largest absolute Gasteiger partial charge is 0.573 e.